The van der Waals surface area contributed by atoms with E-state index in [0.717, 1.165) is 22.0 Å². The van der Waals surface area contributed by atoms with Crippen LogP contribution in [0.5, 0.6) is 5.75 Å². The molecule has 190 valence electrons. The van der Waals surface area contributed by atoms with Gasteiger partial charge in [-0.2, -0.15) is 0 Å². The number of rotatable bonds is 13. The lowest BCUT2D eigenvalue weighted by atomic mass is 10.0. The van der Waals surface area contributed by atoms with Crippen molar-refractivity contribution in [2.45, 2.75) is 45.2 Å². The fourth-order valence-corrected chi connectivity index (χ4v) is 4.18. The molecule has 7 heteroatoms. The van der Waals surface area contributed by atoms with Crippen molar-refractivity contribution in [2.75, 3.05) is 13.2 Å². The Morgan fingerprint density at radius 3 is 2.33 bits per heavy atom. The molecule has 36 heavy (non-hydrogen) atoms. The van der Waals surface area contributed by atoms with Gasteiger partial charge < -0.3 is 15.0 Å². The topological polar surface area (TPSA) is 58.6 Å². The Morgan fingerprint density at radius 2 is 1.67 bits per heavy atom. The van der Waals surface area contributed by atoms with E-state index in [1.807, 2.05) is 61.5 Å². The maximum Gasteiger partial charge on any atom is 0.243 e. The van der Waals surface area contributed by atoms with Crippen LogP contribution in [-0.2, 0) is 22.6 Å². The second kappa shape index (κ2) is 14.7. The zero-order valence-electron chi connectivity index (χ0n) is 20.5. The van der Waals surface area contributed by atoms with Gasteiger partial charge in [0, 0.05) is 35.4 Å². The molecule has 0 aliphatic heterocycles. The normalized spacial score (nSPS) is 11.5. The van der Waals surface area contributed by atoms with Crippen LogP contribution < -0.4 is 10.1 Å². The molecule has 0 saturated heterocycles. The van der Waals surface area contributed by atoms with E-state index in [9.17, 15) is 9.59 Å². The second-order valence-electron chi connectivity index (χ2n) is 8.55. The van der Waals surface area contributed by atoms with Crippen molar-refractivity contribution in [3.63, 3.8) is 0 Å². The number of hydrogen-bond donors (Lipinski definition) is 1. The molecule has 0 heterocycles. The minimum atomic E-state index is -0.618. The number of carbonyl (C=O) groups is 2. The van der Waals surface area contributed by atoms with E-state index in [2.05, 4.69) is 21.2 Å². The standard InChI is InChI=1S/C29H32BrClN2O3/c1-2-18-32-29(35)27(20-22-7-4-3-5-8-22)33(21-23-10-12-24(30)13-11-23)28(34)9-6-19-36-26-16-14-25(31)15-17-26/h3-5,7-8,10-17,27H,2,6,9,18-21H2,1H3,(H,32,35). The minimum absolute atomic E-state index is 0.0785. The number of carbonyl (C=O) groups excluding carboxylic acids is 2. The lowest BCUT2D eigenvalue weighted by molar-refractivity contribution is -0.141. The number of nitrogens with one attached hydrogen (secondary N) is 1. The van der Waals surface area contributed by atoms with Crippen LogP contribution in [0.25, 0.3) is 0 Å². The van der Waals surface area contributed by atoms with E-state index in [1.165, 1.54) is 0 Å². The smallest absolute Gasteiger partial charge is 0.243 e. The Balaban J connectivity index is 1.76. The van der Waals surface area contributed by atoms with Gasteiger partial charge in [-0.15, -0.1) is 0 Å². The number of benzene rings is 3. The molecule has 3 rings (SSSR count). The fraction of sp³-hybridized carbons (Fsp3) is 0.310. The summed E-state index contributed by atoms with van der Waals surface area (Å²) in [6.45, 7) is 3.32. The zero-order valence-corrected chi connectivity index (χ0v) is 22.8. The molecule has 0 fully saturated rings. The van der Waals surface area contributed by atoms with Crippen molar-refractivity contribution in [2.24, 2.45) is 0 Å². The van der Waals surface area contributed by atoms with E-state index in [4.69, 9.17) is 16.3 Å². The van der Waals surface area contributed by atoms with Crippen LogP contribution in [0, 0.1) is 0 Å². The van der Waals surface area contributed by atoms with Crippen LogP contribution in [0.2, 0.25) is 5.02 Å². The van der Waals surface area contributed by atoms with Gasteiger partial charge in [0.1, 0.15) is 11.8 Å². The highest BCUT2D eigenvalue weighted by molar-refractivity contribution is 9.10. The highest BCUT2D eigenvalue weighted by Crippen LogP contribution is 2.19. The molecule has 1 atom stereocenters. The van der Waals surface area contributed by atoms with Gasteiger partial charge in [0.15, 0.2) is 0 Å². The molecule has 0 aromatic heterocycles. The first-order chi connectivity index (χ1) is 17.5. The summed E-state index contributed by atoms with van der Waals surface area (Å²) in [5.74, 6) is 0.494. The van der Waals surface area contributed by atoms with Gasteiger partial charge in [-0.3, -0.25) is 9.59 Å². The molecule has 0 aliphatic carbocycles. The van der Waals surface area contributed by atoms with E-state index < -0.39 is 6.04 Å². The molecular weight excluding hydrogens is 540 g/mol. The maximum absolute atomic E-state index is 13.5. The predicted molar refractivity (Wildman–Crippen MR) is 148 cm³/mol. The van der Waals surface area contributed by atoms with Crippen molar-refractivity contribution in [3.8, 4) is 5.75 Å². The molecular formula is C29H32BrClN2O3. The SMILES string of the molecule is CCCNC(=O)C(Cc1ccccc1)N(Cc1ccc(Br)cc1)C(=O)CCCOc1ccc(Cl)cc1. The van der Waals surface area contributed by atoms with Gasteiger partial charge in [-0.25, -0.2) is 0 Å². The highest BCUT2D eigenvalue weighted by Gasteiger charge is 2.30. The van der Waals surface area contributed by atoms with E-state index in [1.54, 1.807) is 29.2 Å². The molecule has 0 saturated carbocycles. The molecule has 1 unspecified atom stereocenters. The van der Waals surface area contributed by atoms with Crippen molar-refractivity contribution in [1.29, 1.82) is 0 Å². The third-order valence-electron chi connectivity index (χ3n) is 5.70. The van der Waals surface area contributed by atoms with Gasteiger partial charge >= 0.3 is 0 Å². The molecule has 0 spiro atoms. The summed E-state index contributed by atoms with van der Waals surface area (Å²) in [4.78, 5) is 28.5. The predicted octanol–water partition coefficient (Wildman–Crippen LogP) is 6.43. The summed E-state index contributed by atoms with van der Waals surface area (Å²) in [5, 5.41) is 3.65. The quantitative estimate of drug-likeness (QED) is 0.241. The van der Waals surface area contributed by atoms with Gasteiger partial charge in [0.05, 0.1) is 6.61 Å². The second-order valence-corrected chi connectivity index (χ2v) is 9.90. The summed E-state index contributed by atoms with van der Waals surface area (Å²) in [7, 11) is 0. The molecule has 2 amide bonds. The molecule has 0 aliphatic rings. The molecule has 5 nitrogen and oxygen atoms in total. The monoisotopic (exact) mass is 570 g/mol. The number of amides is 2. The summed E-state index contributed by atoms with van der Waals surface area (Å²) < 4.78 is 6.73. The van der Waals surface area contributed by atoms with Crippen molar-refractivity contribution in [3.05, 3.63) is 99.5 Å². The first-order valence-electron chi connectivity index (χ1n) is 12.2. The van der Waals surface area contributed by atoms with Gasteiger partial charge in [-0.05, 0) is 60.4 Å². The minimum Gasteiger partial charge on any atom is -0.494 e. The van der Waals surface area contributed by atoms with Crippen LogP contribution in [0.1, 0.15) is 37.3 Å². The summed E-state index contributed by atoms with van der Waals surface area (Å²) in [5.41, 5.74) is 1.97. The fourth-order valence-electron chi connectivity index (χ4n) is 3.79. The largest absolute Gasteiger partial charge is 0.494 e. The highest BCUT2D eigenvalue weighted by atomic mass is 79.9. The Kier molecular flexibility index (Phi) is 11.3. The van der Waals surface area contributed by atoms with Crippen LogP contribution >= 0.6 is 27.5 Å². The summed E-state index contributed by atoms with van der Waals surface area (Å²) >= 11 is 9.39. The van der Waals surface area contributed by atoms with E-state index in [-0.39, 0.29) is 18.2 Å². The summed E-state index contributed by atoms with van der Waals surface area (Å²) in [6, 6.07) is 24.2. The van der Waals surface area contributed by atoms with Crippen LogP contribution in [0.15, 0.2) is 83.3 Å². The summed E-state index contributed by atoms with van der Waals surface area (Å²) in [6.07, 6.45) is 2.08. The third kappa shape index (κ3) is 8.99. The number of halogens is 2. The maximum atomic E-state index is 13.5. The van der Waals surface area contributed by atoms with E-state index in [0.29, 0.717) is 43.3 Å². The number of ether oxygens (including phenoxy) is 1. The number of nitrogens with zero attached hydrogens (tertiary/aromatic N) is 1. The third-order valence-corrected chi connectivity index (χ3v) is 6.48. The van der Waals surface area contributed by atoms with Gasteiger partial charge in [-0.1, -0.05) is 76.9 Å². The van der Waals surface area contributed by atoms with Crippen LogP contribution in [-0.4, -0.2) is 35.9 Å². The number of hydrogen-bond acceptors (Lipinski definition) is 3. The Bertz CT molecular complexity index is 1090. The Hall–Kier alpha value is -2.83. The van der Waals surface area contributed by atoms with Crippen molar-refractivity contribution < 1.29 is 14.3 Å². The molecule has 1 N–H and O–H groups in total. The lowest BCUT2D eigenvalue weighted by Crippen LogP contribution is -2.50. The van der Waals surface area contributed by atoms with Crippen LogP contribution in [0.3, 0.4) is 0 Å². The average Bonchev–Trinajstić information content (AvgIpc) is 2.89. The Morgan fingerprint density at radius 1 is 0.972 bits per heavy atom. The van der Waals surface area contributed by atoms with Gasteiger partial charge in [0.2, 0.25) is 11.8 Å². The Labute approximate surface area is 226 Å². The van der Waals surface area contributed by atoms with Crippen molar-refractivity contribution >= 4 is 39.3 Å². The average molecular weight is 572 g/mol. The molecule has 0 bridgehead atoms. The zero-order chi connectivity index (χ0) is 25.8. The van der Waals surface area contributed by atoms with Gasteiger partial charge in [0.25, 0.3) is 0 Å². The first kappa shape index (κ1) is 27.8. The first-order valence-corrected chi connectivity index (χ1v) is 13.4. The van der Waals surface area contributed by atoms with Crippen LogP contribution in [0.4, 0.5) is 0 Å². The molecule has 3 aromatic carbocycles. The van der Waals surface area contributed by atoms with E-state index >= 15 is 0 Å². The molecule has 0 radical (unpaired) electrons. The molecule has 3 aromatic rings. The van der Waals surface area contributed by atoms with Crippen molar-refractivity contribution in [1.82, 2.24) is 10.2 Å². The lowest BCUT2D eigenvalue weighted by Gasteiger charge is -2.31.